The van der Waals surface area contributed by atoms with E-state index < -0.39 is 0 Å². The molecule has 1 aliphatic heterocycles. The number of rotatable bonds is 3. The van der Waals surface area contributed by atoms with E-state index in [9.17, 15) is 4.39 Å². The highest BCUT2D eigenvalue weighted by atomic mass is 19.1. The van der Waals surface area contributed by atoms with Crippen LogP contribution in [0.15, 0.2) is 24.3 Å². The third-order valence-corrected chi connectivity index (χ3v) is 3.82. The first kappa shape index (κ1) is 13.5. The van der Waals surface area contributed by atoms with Gasteiger partial charge in [-0.2, -0.15) is 0 Å². The van der Waals surface area contributed by atoms with E-state index in [1.54, 1.807) is 0 Å². The highest BCUT2D eigenvalue weighted by molar-refractivity contribution is 5.20. The fourth-order valence-corrected chi connectivity index (χ4v) is 3.15. The molecular formula is C15H23FN2. The molecule has 2 nitrogen and oxygen atoms in total. The van der Waals surface area contributed by atoms with Gasteiger partial charge in [0.2, 0.25) is 0 Å². The minimum atomic E-state index is -0.185. The van der Waals surface area contributed by atoms with Gasteiger partial charge in [-0.15, -0.1) is 0 Å². The van der Waals surface area contributed by atoms with E-state index >= 15 is 0 Å². The molecule has 2 N–H and O–H groups in total. The molecule has 0 aromatic heterocycles. The molecule has 1 heterocycles. The molecule has 0 saturated carbocycles. The summed E-state index contributed by atoms with van der Waals surface area (Å²) in [5, 5.41) is 0. The Bertz CT molecular complexity index is 367. The van der Waals surface area contributed by atoms with Crippen molar-refractivity contribution in [3.8, 4) is 0 Å². The van der Waals surface area contributed by atoms with Gasteiger partial charge >= 0.3 is 0 Å². The molecule has 0 aliphatic carbocycles. The second kappa shape index (κ2) is 5.81. The molecule has 0 amide bonds. The van der Waals surface area contributed by atoms with Gasteiger partial charge in [0.05, 0.1) is 0 Å². The van der Waals surface area contributed by atoms with Crippen LogP contribution in [0.5, 0.6) is 0 Å². The maximum atomic E-state index is 13.0. The standard InChI is InChI=1S/C15H23FN2/c1-11-7-12(2)10-18(9-11)15(8-17)13-3-5-14(16)6-4-13/h3-6,11-12,15H,7-10,17H2,1-2H3/t11-,12+,15?. The first-order valence-electron chi connectivity index (χ1n) is 6.79. The van der Waals surface area contributed by atoms with Crippen molar-refractivity contribution in [3.63, 3.8) is 0 Å². The summed E-state index contributed by atoms with van der Waals surface area (Å²) in [6.07, 6.45) is 1.29. The SMILES string of the molecule is C[C@@H]1C[C@H](C)CN(C(CN)c2ccc(F)cc2)C1. The van der Waals surface area contributed by atoms with E-state index in [0.29, 0.717) is 18.4 Å². The van der Waals surface area contributed by atoms with E-state index in [4.69, 9.17) is 5.73 Å². The van der Waals surface area contributed by atoms with Crippen LogP contribution in [0.2, 0.25) is 0 Å². The number of nitrogens with zero attached hydrogens (tertiary/aromatic N) is 1. The Morgan fingerprint density at radius 3 is 2.28 bits per heavy atom. The van der Waals surface area contributed by atoms with Crippen molar-refractivity contribution in [3.05, 3.63) is 35.6 Å². The van der Waals surface area contributed by atoms with E-state index in [1.807, 2.05) is 12.1 Å². The van der Waals surface area contributed by atoms with Crippen molar-refractivity contribution < 1.29 is 4.39 Å². The van der Waals surface area contributed by atoms with E-state index in [0.717, 1.165) is 18.7 Å². The molecule has 1 aromatic carbocycles. The largest absolute Gasteiger partial charge is 0.329 e. The molecule has 0 bridgehead atoms. The van der Waals surface area contributed by atoms with Gasteiger partial charge in [-0.3, -0.25) is 4.90 Å². The van der Waals surface area contributed by atoms with Crippen molar-refractivity contribution in [2.45, 2.75) is 26.3 Å². The fraction of sp³-hybridized carbons (Fsp3) is 0.600. The fourth-order valence-electron chi connectivity index (χ4n) is 3.15. The summed E-state index contributed by atoms with van der Waals surface area (Å²) in [7, 11) is 0. The van der Waals surface area contributed by atoms with Crippen LogP contribution in [-0.2, 0) is 0 Å². The van der Waals surface area contributed by atoms with Crippen molar-refractivity contribution in [2.24, 2.45) is 17.6 Å². The minimum Gasteiger partial charge on any atom is -0.329 e. The van der Waals surface area contributed by atoms with E-state index in [-0.39, 0.29) is 11.9 Å². The zero-order chi connectivity index (χ0) is 13.1. The zero-order valence-electron chi connectivity index (χ0n) is 11.3. The lowest BCUT2D eigenvalue weighted by atomic mass is 9.89. The van der Waals surface area contributed by atoms with Gasteiger partial charge in [-0.1, -0.05) is 26.0 Å². The third-order valence-electron chi connectivity index (χ3n) is 3.82. The summed E-state index contributed by atoms with van der Waals surface area (Å²) in [6.45, 7) is 7.35. The van der Waals surface area contributed by atoms with Crippen LogP contribution in [0, 0.1) is 17.7 Å². The molecule has 3 heteroatoms. The Balaban J connectivity index is 2.14. The average Bonchev–Trinajstić information content (AvgIpc) is 2.31. The van der Waals surface area contributed by atoms with Crippen LogP contribution in [-0.4, -0.2) is 24.5 Å². The van der Waals surface area contributed by atoms with Crippen molar-refractivity contribution in [1.29, 1.82) is 0 Å². The Hall–Kier alpha value is -0.930. The molecular weight excluding hydrogens is 227 g/mol. The van der Waals surface area contributed by atoms with Crippen LogP contribution in [0.4, 0.5) is 4.39 Å². The lowest BCUT2D eigenvalue weighted by Crippen LogP contribution is -2.43. The van der Waals surface area contributed by atoms with Gasteiger partial charge < -0.3 is 5.73 Å². The molecule has 2 rings (SSSR count). The van der Waals surface area contributed by atoms with Crippen molar-refractivity contribution in [1.82, 2.24) is 4.90 Å². The number of hydrogen-bond donors (Lipinski definition) is 1. The summed E-state index contributed by atoms with van der Waals surface area (Å²) in [6, 6.07) is 6.98. The second-order valence-corrected chi connectivity index (χ2v) is 5.70. The average molecular weight is 250 g/mol. The van der Waals surface area contributed by atoms with Crippen LogP contribution in [0.25, 0.3) is 0 Å². The number of likely N-dealkylation sites (tertiary alicyclic amines) is 1. The molecule has 100 valence electrons. The number of nitrogens with two attached hydrogens (primary N) is 1. The van der Waals surface area contributed by atoms with Crippen LogP contribution >= 0.6 is 0 Å². The maximum absolute atomic E-state index is 13.0. The zero-order valence-corrected chi connectivity index (χ0v) is 11.3. The summed E-state index contributed by atoms with van der Waals surface area (Å²) in [5.41, 5.74) is 7.05. The van der Waals surface area contributed by atoms with Gasteiger partial charge in [0.1, 0.15) is 5.82 Å². The van der Waals surface area contributed by atoms with Crippen LogP contribution in [0.3, 0.4) is 0 Å². The number of hydrogen-bond acceptors (Lipinski definition) is 2. The first-order valence-corrected chi connectivity index (χ1v) is 6.79. The smallest absolute Gasteiger partial charge is 0.123 e. The number of halogens is 1. The monoisotopic (exact) mass is 250 g/mol. The van der Waals surface area contributed by atoms with E-state index in [1.165, 1.54) is 18.6 Å². The topological polar surface area (TPSA) is 29.3 Å². The van der Waals surface area contributed by atoms with Gasteiger partial charge in [0.25, 0.3) is 0 Å². The second-order valence-electron chi connectivity index (χ2n) is 5.70. The normalized spacial score (nSPS) is 27.1. The quantitative estimate of drug-likeness (QED) is 0.894. The first-order chi connectivity index (χ1) is 8.60. The highest BCUT2D eigenvalue weighted by Crippen LogP contribution is 2.28. The Kier molecular flexibility index (Phi) is 4.36. The van der Waals surface area contributed by atoms with Gasteiger partial charge in [-0.05, 0) is 36.0 Å². The third kappa shape index (κ3) is 3.09. The predicted molar refractivity (Wildman–Crippen MR) is 72.7 cm³/mol. The molecule has 1 aliphatic rings. The molecule has 1 unspecified atom stereocenters. The maximum Gasteiger partial charge on any atom is 0.123 e. The van der Waals surface area contributed by atoms with Gasteiger partial charge in [-0.25, -0.2) is 4.39 Å². The van der Waals surface area contributed by atoms with Crippen molar-refractivity contribution >= 4 is 0 Å². The molecule has 0 radical (unpaired) electrons. The lowest BCUT2D eigenvalue weighted by molar-refractivity contribution is 0.0984. The molecule has 1 saturated heterocycles. The minimum absolute atomic E-state index is 0.185. The summed E-state index contributed by atoms with van der Waals surface area (Å²) >= 11 is 0. The van der Waals surface area contributed by atoms with Gasteiger partial charge in [0, 0.05) is 25.7 Å². The summed E-state index contributed by atoms with van der Waals surface area (Å²) in [5.74, 6) is 1.24. The number of benzene rings is 1. The predicted octanol–water partition coefficient (Wildman–Crippen LogP) is 2.80. The summed E-state index contributed by atoms with van der Waals surface area (Å²) < 4.78 is 13.0. The Morgan fingerprint density at radius 2 is 1.78 bits per heavy atom. The lowest BCUT2D eigenvalue weighted by Gasteiger charge is -2.40. The van der Waals surface area contributed by atoms with Crippen LogP contribution in [0.1, 0.15) is 31.9 Å². The van der Waals surface area contributed by atoms with Crippen LogP contribution < -0.4 is 5.73 Å². The van der Waals surface area contributed by atoms with Crippen molar-refractivity contribution in [2.75, 3.05) is 19.6 Å². The molecule has 3 atom stereocenters. The molecule has 0 spiro atoms. The Labute approximate surface area is 109 Å². The Morgan fingerprint density at radius 1 is 1.22 bits per heavy atom. The number of piperidine rings is 1. The van der Waals surface area contributed by atoms with Gasteiger partial charge in [0.15, 0.2) is 0 Å². The molecule has 1 aromatic rings. The molecule has 18 heavy (non-hydrogen) atoms. The summed E-state index contributed by atoms with van der Waals surface area (Å²) in [4.78, 5) is 2.45. The highest BCUT2D eigenvalue weighted by Gasteiger charge is 2.27. The van der Waals surface area contributed by atoms with E-state index in [2.05, 4.69) is 18.7 Å². The molecule has 1 fully saturated rings.